The number of aromatic nitrogens is 1. The molecule has 1 aromatic rings. The minimum absolute atomic E-state index is 0.228. The second-order valence-corrected chi connectivity index (χ2v) is 4.68. The smallest absolute Gasteiger partial charge is 0.308 e. The third-order valence-electron chi connectivity index (χ3n) is 2.71. The zero-order valence-electron chi connectivity index (χ0n) is 10.8. The molecule has 1 heterocycles. The van der Waals surface area contributed by atoms with E-state index < -0.39 is 11.9 Å². The predicted molar refractivity (Wildman–Crippen MR) is 68.3 cm³/mol. The molecule has 94 valence electrons. The fraction of sp³-hybridized carbons (Fsp3) is 0.538. The molecule has 0 fully saturated rings. The summed E-state index contributed by atoms with van der Waals surface area (Å²) in [6.07, 6.45) is 1.76. The van der Waals surface area contributed by atoms with E-state index >= 15 is 0 Å². The first-order chi connectivity index (χ1) is 7.91. The van der Waals surface area contributed by atoms with Crippen LogP contribution < -0.4 is 4.90 Å². The number of rotatable bonds is 5. The monoisotopic (exact) mass is 236 g/mol. The maximum Gasteiger partial charge on any atom is 0.308 e. The molecule has 0 bridgehead atoms. The normalized spacial score (nSPS) is 12.5. The summed E-state index contributed by atoms with van der Waals surface area (Å²) in [6.45, 7) is 8.28. The minimum Gasteiger partial charge on any atom is -0.481 e. The zero-order chi connectivity index (χ0) is 13.0. The van der Waals surface area contributed by atoms with Crippen LogP contribution in [0.5, 0.6) is 0 Å². The number of aryl methyl sites for hydroxylation is 1. The predicted octanol–water partition coefficient (Wildman–Crippen LogP) is 2.33. The molecule has 0 aliphatic carbocycles. The van der Waals surface area contributed by atoms with Gasteiger partial charge in [-0.25, -0.2) is 4.98 Å². The average molecular weight is 236 g/mol. The third kappa shape index (κ3) is 3.73. The van der Waals surface area contributed by atoms with Crippen LogP contribution in [0.25, 0.3) is 0 Å². The van der Waals surface area contributed by atoms with E-state index in [1.807, 2.05) is 37.8 Å². The van der Waals surface area contributed by atoms with Gasteiger partial charge >= 0.3 is 5.97 Å². The van der Waals surface area contributed by atoms with Gasteiger partial charge < -0.3 is 10.0 Å². The Morgan fingerprint density at radius 3 is 2.59 bits per heavy atom. The fourth-order valence-electron chi connectivity index (χ4n) is 1.62. The van der Waals surface area contributed by atoms with Gasteiger partial charge in [0.1, 0.15) is 5.82 Å². The number of aliphatic carboxylic acids is 1. The number of anilines is 1. The van der Waals surface area contributed by atoms with Gasteiger partial charge in [0.25, 0.3) is 0 Å². The first-order valence-electron chi connectivity index (χ1n) is 5.84. The van der Waals surface area contributed by atoms with Crippen molar-refractivity contribution in [3.05, 3.63) is 23.9 Å². The Morgan fingerprint density at radius 1 is 1.47 bits per heavy atom. The van der Waals surface area contributed by atoms with E-state index in [-0.39, 0.29) is 6.04 Å². The van der Waals surface area contributed by atoms with Crippen molar-refractivity contribution in [2.75, 3.05) is 11.4 Å². The lowest BCUT2D eigenvalue weighted by atomic mass is 10.1. The molecule has 4 heteroatoms. The van der Waals surface area contributed by atoms with Crippen LogP contribution in [0, 0.1) is 12.8 Å². The second kappa shape index (κ2) is 5.66. The third-order valence-corrected chi connectivity index (χ3v) is 2.71. The summed E-state index contributed by atoms with van der Waals surface area (Å²) in [7, 11) is 0. The Kier molecular flexibility index (Phi) is 4.49. The van der Waals surface area contributed by atoms with Crippen LogP contribution in [-0.2, 0) is 4.79 Å². The molecular weight excluding hydrogens is 216 g/mol. The maximum atomic E-state index is 10.9. The van der Waals surface area contributed by atoms with E-state index in [1.54, 1.807) is 13.1 Å². The number of pyridine rings is 1. The van der Waals surface area contributed by atoms with Gasteiger partial charge in [0.2, 0.25) is 0 Å². The number of nitrogens with zero attached hydrogens (tertiary/aromatic N) is 2. The van der Waals surface area contributed by atoms with Crippen molar-refractivity contribution in [1.82, 2.24) is 4.98 Å². The Labute approximate surface area is 102 Å². The molecule has 0 amide bonds. The van der Waals surface area contributed by atoms with Gasteiger partial charge in [0.15, 0.2) is 0 Å². The van der Waals surface area contributed by atoms with Crippen molar-refractivity contribution in [3.63, 3.8) is 0 Å². The van der Waals surface area contributed by atoms with Gasteiger partial charge in [-0.15, -0.1) is 0 Å². The molecule has 0 radical (unpaired) electrons. The summed E-state index contributed by atoms with van der Waals surface area (Å²) >= 11 is 0. The molecule has 17 heavy (non-hydrogen) atoms. The van der Waals surface area contributed by atoms with Crippen LogP contribution in [0.3, 0.4) is 0 Å². The lowest BCUT2D eigenvalue weighted by Crippen LogP contribution is -2.37. The van der Waals surface area contributed by atoms with Gasteiger partial charge in [-0.2, -0.15) is 0 Å². The van der Waals surface area contributed by atoms with Crippen LogP contribution >= 0.6 is 0 Å². The zero-order valence-corrected chi connectivity index (χ0v) is 10.8. The number of carboxylic acids is 1. The molecule has 0 aliphatic heterocycles. The molecule has 0 aromatic carbocycles. The van der Waals surface area contributed by atoms with Crippen molar-refractivity contribution < 1.29 is 9.90 Å². The molecule has 0 aliphatic rings. The van der Waals surface area contributed by atoms with Crippen LogP contribution in [0.1, 0.15) is 26.3 Å². The fourth-order valence-corrected chi connectivity index (χ4v) is 1.62. The quantitative estimate of drug-likeness (QED) is 0.852. The van der Waals surface area contributed by atoms with Gasteiger partial charge in [-0.3, -0.25) is 4.79 Å². The first kappa shape index (κ1) is 13.5. The molecule has 4 nitrogen and oxygen atoms in total. The molecular formula is C13H20N2O2. The standard InChI is InChI=1S/C13H20N2O2/c1-9(2)15(8-11(4)13(16)17)12-7-10(3)5-6-14-12/h5-7,9,11H,8H2,1-4H3,(H,16,17). The van der Waals surface area contributed by atoms with E-state index in [1.165, 1.54) is 0 Å². The van der Waals surface area contributed by atoms with Crippen molar-refractivity contribution in [3.8, 4) is 0 Å². The summed E-state index contributed by atoms with van der Waals surface area (Å²) in [6, 6.07) is 4.14. The van der Waals surface area contributed by atoms with Gasteiger partial charge in [-0.05, 0) is 38.5 Å². The molecule has 1 N–H and O–H groups in total. The van der Waals surface area contributed by atoms with Gasteiger partial charge in [-0.1, -0.05) is 6.92 Å². The van der Waals surface area contributed by atoms with E-state index in [0.717, 1.165) is 11.4 Å². The van der Waals surface area contributed by atoms with E-state index in [0.29, 0.717) is 6.54 Å². The number of carboxylic acid groups (broad SMARTS) is 1. The summed E-state index contributed by atoms with van der Waals surface area (Å²) < 4.78 is 0. The van der Waals surface area contributed by atoms with Gasteiger partial charge in [0, 0.05) is 18.8 Å². The topological polar surface area (TPSA) is 53.4 Å². The van der Waals surface area contributed by atoms with E-state index in [2.05, 4.69) is 4.98 Å². The second-order valence-electron chi connectivity index (χ2n) is 4.68. The lowest BCUT2D eigenvalue weighted by Gasteiger charge is -2.29. The van der Waals surface area contributed by atoms with Crippen LogP contribution in [0.15, 0.2) is 18.3 Å². The maximum absolute atomic E-state index is 10.9. The largest absolute Gasteiger partial charge is 0.481 e. The first-order valence-corrected chi connectivity index (χ1v) is 5.84. The SMILES string of the molecule is Cc1ccnc(N(CC(C)C(=O)O)C(C)C)c1. The molecule has 1 atom stereocenters. The molecule has 0 spiro atoms. The number of carbonyl (C=O) groups is 1. The highest BCUT2D eigenvalue weighted by Gasteiger charge is 2.19. The highest BCUT2D eigenvalue weighted by molar-refractivity contribution is 5.70. The van der Waals surface area contributed by atoms with Crippen LogP contribution in [0.4, 0.5) is 5.82 Å². The Morgan fingerprint density at radius 2 is 2.12 bits per heavy atom. The van der Waals surface area contributed by atoms with Crippen LogP contribution in [0.2, 0.25) is 0 Å². The van der Waals surface area contributed by atoms with Crippen molar-refractivity contribution in [1.29, 1.82) is 0 Å². The van der Waals surface area contributed by atoms with Crippen molar-refractivity contribution in [2.45, 2.75) is 33.7 Å². The number of hydrogen-bond acceptors (Lipinski definition) is 3. The Balaban J connectivity index is 2.90. The number of hydrogen-bond donors (Lipinski definition) is 1. The lowest BCUT2D eigenvalue weighted by molar-refractivity contribution is -0.140. The Bertz CT molecular complexity index is 391. The molecule has 0 saturated heterocycles. The summed E-state index contributed by atoms with van der Waals surface area (Å²) in [5.41, 5.74) is 1.13. The van der Waals surface area contributed by atoms with E-state index in [4.69, 9.17) is 5.11 Å². The summed E-state index contributed by atoms with van der Waals surface area (Å²) in [5, 5.41) is 8.97. The van der Waals surface area contributed by atoms with Crippen molar-refractivity contribution >= 4 is 11.8 Å². The highest BCUT2D eigenvalue weighted by Crippen LogP contribution is 2.17. The molecule has 0 saturated carbocycles. The molecule has 1 unspecified atom stereocenters. The summed E-state index contributed by atoms with van der Waals surface area (Å²) in [4.78, 5) is 17.2. The minimum atomic E-state index is -0.775. The van der Waals surface area contributed by atoms with Crippen molar-refractivity contribution in [2.24, 2.45) is 5.92 Å². The molecule has 1 aromatic heterocycles. The Hall–Kier alpha value is -1.58. The molecule has 1 rings (SSSR count). The van der Waals surface area contributed by atoms with Gasteiger partial charge in [0.05, 0.1) is 5.92 Å². The van der Waals surface area contributed by atoms with E-state index in [9.17, 15) is 4.79 Å². The van der Waals surface area contributed by atoms with Crippen LogP contribution in [-0.4, -0.2) is 28.6 Å². The highest BCUT2D eigenvalue weighted by atomic mass is 16.4. The summed E-state index contributed by atoms with van der Waals surface area (Å²) in [5.74, 6) is -0.337. The average Bonchev–Trinajstić information content (AvgIpc) is 2.24.